The van der Waals surface area contributed by atoms with Gasteiger partial charge in [-0.2, -0.15) is 0 Å². The number of hydrogen-bond donors (Lipinski definition) is 2. The molecular formula is C18H25IN4O2S. The first-order valence-electron chi connectivity index (χ1n) is 8.60. The summed E-state index contributed by atoms with van der Waals surface area (Å²) < 4.78 is 11.4. The predicted octanol–water partition coefficient (Wildman–Crippen LogP) is 3.85. The van der Waals surface area contributed by atoms with Gasteiger partial charge in [-0.3, -0.25) is 4.99 Å². The minimum atomic E-state index is 0. The first-order valence-corrected chi connectivity index (χ1v) is 9.48. The van der Waals surface area contributed by atoms with Gasteiger partial charge in [0.1, 0.15) is 0 Å². The average Bonchev–Trinajstić information content (AvgIpc) is 2.88. The van der Waals surface area contributed by atoms with E-state index in [9.17, 15) is 0 Å². The number of hydrogen-bond acceptors (Lipinski definition) is 5. The molecule has 8 heteroatoms. The largest absolute Gasteiger partial charge is 0.490 e. The van der Waals surface area contributed by atoms with Gasteiger partial charge in [0, 0.05) is 43.1 Å². The minimum absolute atomic E-state index is 0. The van der Waals surface area contributed by atoms with E-state index in [1.165, 1.54) is 0 Å². The molecule has 3 rings (SSSR count). The first kappa shape index (κ1) is 20.8. The molecule has 0 spiro atoms. The number of aromatic nitrogens is 1. The lowest BCUT2D eigenvalue weighted by Crippen LogP contribution is -2.30. The molecule has 0 unspecified atom stereocenters. The summed E-state index contributed by atoms with van der Waals surface area (Å²) in [6.07, 6.45) is 1.74. The summed E-state index contributed by atoms with van der Waals surface area (Å²) in [4.78, 5) is 9.10. The zero-order valence-electron chi connectivity index (χ0n) is 15.1. The highest BCUT2D eigenvalue weighted by Crippen LogP contribution is 2.32. The van der Waals surface area contributed by atoms with Gasteiger partial charge in [0.25, 0.3) is 0 Å². The van der Waals surface area contributed by atoms with Crippen LogP contribution in [-0.2, 0) is 6.42 Å². The zero-order valence-corrected chi connectivity index (χ0v) is 18.2. The van der Waals surface area contributed by atoms with E-state index in [1.807, 2.05) is 25.1 Å². The van der Waals surface area contributed by atoms with Gasteiger partial charge in [0.05, 0.1) is 23.9 Å². The van der Waals surface area contributed by atoms with Crippen molar-refractivity contribution in [3.8, 4) is 11.5 Å². The number of aryl methyl sites for hydroxylation is 1. The molecular weight excluding hydrogens is 463 g/mol. The molecule has 1 aliphatic rings. The highest BCUT2D eigenvalue weighted by atomic mass is 127. The van der Waals surface area contributed by atoms with Crippen molar-refractivity contribution >= 4 is 47.0 Å². The van der Waals surface area contributed by atoms with Crippen LogP contribution >= 0.6 is 35.3 Å². The molecule has 1 aromatic heterocycles. The summed E-state index contributed by atoms with van der Waals surface area (Å²) in [6, 6.07) is 5.87. The fraction of sp³-hybridized carbons (Fsp3) is 0.444. The Kier molecular flexibility index (Phi) is 8.43. The van der Waals surface area contributed by atoms with Gasteiger partial charge in [-0.15, -0.1) is 35.3 Å². The number of aliphatic imine (C=N–C) groups is 1. The Balaban J connectivity index is 0.00000243. The van der Waals surface area contributed by atoms with Crippen LogP contribution in [0.3, 0.4) is 0 Å². The molecule has 1 aromatic carbocycles. The lowest BCUT2D eigenvalue weighted by Gasteiger charge is -2.13. The third-order valence-corrected chi connectivity index (χ3v) is 4.48. The van der Waals surface area contributed by atoms with E-state index in [-0.39, 0.29) is 24.0 Å². The summed E-state index contributed by atoms with van der Waals surface area (Å²) in [5.41, 5.74) is 2.02. The molecule has 1 aliphatic heterocycles. The second-order valence-corrected chi connectivity index (χ2v) is 6.77. The molecule has 2 heterocycles. The molecule has 2 aromatic rings. The van der Waals surface area contributed by atoms with E-state index in [0.29, 0.717) is 19.8 Å². The number of rotatable bonds is 5. The highest BCUT2D eigenvalue weighted by molar-refractivity contribution is 14.0. The molecule has 0 saturated heterocycles. The molecule has 0 radical (unpaired) electrons. The van der Waals surface area contributed by atoms with Gasteiger partial charge in [-0.1, -0.05) is 0 Å². The van der Waals surface area contributed by atoms with Crippen LogP contribution in [0.15, 0.2) is 28.6 Å². The molecule has 0 bridgehead atoms. The van der Waals surface area contributed by atoms with Gasteiger partial charge >= 0.3 is 0 Å². The van der Waals surface area contributed by atoms with Crippen LogP contribution in [0, 0.1) is 6.92 Å². The molecule has 2 N–H and O–H groups in total. The van der Waals surface area contributed by atoms with E-state index < -0.39 is 0 Å². The van der Waals surface area contributed by atoms with Gasteiger partial charge < -0.3 is 20.1 Å². The van der Waals surface area contributed by atoms with Crippen molar-refractivity contribution in [3.05, 3.63) is 34.3 Å². The molecule has 0 amide bonds. The number of ether oxygens (including phenoxy) is 2. The quantitative estimate of drug-likeness (QED) is 0.380. The van der Waals surface area contributed by atoms with Crippen molar-refractivity contribution in [2.75, 3.05) is 31.6 Å². The number of halogens is 1. The molecule has 0 aliphatic carbocycles. The maximum absolute atomic E-state index is 5.74. The average molecular weight is 488 g/mol. The van der Waals surface area contributed by atoms with Gasteiger partial charge in [0.15, 0.2) is 17.5 Å². The Morgan fingerprint density at radius 3 is 2.81 bits per heavy atom. The van der Waals surface area contributed by atoms with Gasteiger partial charge in [-0.25, -0.2) is 4.98 Å². The normalized spacial score (nSPS) is 13.5. The second-order valence-electron chi connectivity index (χ2n) is 5.71. The molecule has 0 atom stereocenters. The summed E-state index contributed by atoms with van der Waals surface area (Å²) >= 11 is 1.67. The SMILES string of the molecule is CCNC(=NCCc1csc(C)n1)Nc1ccc2c(c1)OCCCO2.I. The van der Waals surface area contributed by atoms with Crippen molar-refractivity contribution in [2.24, 2.45) is 4.99 Å². The molecule has 0 saturated carbocycles. The first-order chi connectivity index (χ1) is 12.2. The lowest BCUT2D eigenvalue weighted by atomic mass is 10.2. The summed E-state index contributed by atoms with van der Waals surface area (Å²) in [5, 5.41) is 9.78. The monoisotopic (exact) mass is 488 g/mol. The van der Waals surface area contributed by atoms with Crippen molar-refractivity contribution in [1.29, 1.82) is 0 Å². The smallest absolute Gasteiger partial charge is 0.195 e. The summed E-state index contributed by atoms with van der Waals surface area (Å²) in [7, 11) is 0. The van der Waals surface area contributed by atoms with E-state index in [2.05, 4.69) is 32.9 Å². The Morgan fingerprint density at radius 1 is 1.27 bits per heavy atom. The predicted molar refractivity (Wildman–Crippen MR) is 118 cm³/mol. The van der Waals surface area contributed by atoms with Crippen molar-refractivity contribution in [2.45, 2.75) is 26.7 Å². The molecule has 0 fully saturated rings. The third kappa shape index (κ3) is 6.01. The Hall–Kier alpha value is -1.55. The van der Waals surface area contributed by atoms with Gasteiger partial charge in [-0.05, 0) is 26.0 Å². The Morgan fingerprint density at radius 2 is 2.08 bits per heavy atom. The topological polar surface area (TPSA) is 67.8 Å². The number of guanidine groups is 1. The fourth-order valence-electron chi connectivity index (χ4n) is 2.49. The maximum Gasteiger partial charge on any atom is 0.195 e. The van der Waals surface area contributed by atoms with Crippen LogP contribution < -0.4 is 20.1 Å². The van der Waals surface area contributed by atoms with Crippen LogP contribution in [-0.4, -0.2) is 37.2 Å². The number of nitrogens with one attached hydrogen (secondary N) is 2. The highest BCUT2D eigenvalue weighted by Gasteiger charge is 2.11. The number of nitrogens with zero attached hydrogens (tertiary/aromatic N) is 2. The van der Waals surface area contributed by atoms with Crippen molar-refractivity contribution in [1.82, 2.24) is 10.3 Å². The van der Waals surface area contributed by atoms with E-state index in [0.717, 1.165) is 53.2 Å². The molecule has 6 nitrogen and oxygen atoms in total. The van der Waals surface area contributed by atoms with Crippen LogP contribution in [0.1, 0.15) is 24.0 Å². The third-order valence-electron chi connectivity index (χ3n) is 3.66. The van der Waals surface area contributed by atoms with Crippen LogP contribution in [0.4, 0.5) is 5.69 Å². The van der Waals surface area contributed by atoms with Crippen LogP contribution in [0.2, 0.25) is 0 Å². The fourth-order valence-corrected chi connectivity index (χ4v) is 3.14. The molecule has 26 heavy (non-hydrogen) atoms. The second kappa shape index (κ2) is 10.6. The van der Waals surface area contributed by atoms with Crippen LogP contribution in [0.5, 0.6) is 11.5 Å². The minimum Gasteiger partial charge on any atom is -0.490 e. The summed E-state index contributed by atoms with van der Waals surface area (Å²) in [6.45, 7) is 6.93. The van der Waals surface area contributed by atoms with Crippen LogP contribution in [0.25, 0.3) is 0 Å². The zero-order chi connectivity index (χ0) is 17.5. The van der Waals surface area contributed by atoms with E-state index >= 15 is 0 Å². The van der Waals surface area contributed by atoms with Crippen molar-refractivity contribution in [3.63, 3.8) is 0 Å². The Labute approximate surface area is 175 Å². The number of anilines is 1. The number of fused-ring (bicyclic) bond motifs is 1. The van der Waals surface area contributed by atoms with E-state index in [4.69, 9.17) is 9.47 Å². The summed E-state index contributed by atoms with van der Waals surface area (Å²) in [5.74, 6) is 2.32. The van der Waals surface area contributed by atoms with E-state index in [1.54, 1.807) is 11.3 Å². The maximum atomic E-state index is 5.74. The van der Waals surface area contributed by atoms with Gasteiger partial charge in [0.2, 0.25) is 0 Å². The number of thiazole rings is 1. The van der Waals surface area contributed by atoms with Crippen molar-refractivity contribution < 1.29 is 9.47 Å². The Bertz CT molecular complexity index is 736. The standard InChI is InChI=1S/C18H24N4O2S.HI/c1-3-19-18(20-8-7-15-12-25-13(2)21-15)22-14-5-6-16-17(11-14)24-10-4-9-23-16;/h5-6,11-12H,3-4,7-10H2,1-2H3,(H2,19,20,22);1H. The lowest BCUT2D eigenvalue weighted by molar-refractivity contribution is 0.297. The molecule has 142 valence electrons. The number of benzene rings is 1.